The molecule has 2 N–H and O–H groups in total. The van der Waals surface area contributed by atoms with Gasteiger partial charge in [0.15, 0.2) is 24.2 Å². The number of rotatable bonds is 14. The summed E-state index contributed by atoms with van der Waals surface area (Å²) < 4.78 is 22.0. The second kappa shape index (κ2) is 16.7. The van der Waals surface area contributed by atoms with Crippen molar-refractivity contribution in [2.45, 2.75) is 32.4 Å². The third-order valence-electron chi connectivity index (χ3n) is 5.76. The molecule has 3 aromatic rings. The van der Waals surface area contributed by atoms with Gasteiger partial charge in [0.1, 0.15) is 11.8 Å². The molecule has 228 valence electrons. The fourth-order valence-electron chi connectivity index (χ4n) is 3.67. The van der Waals surface area contributed by atoms with Crippen molar-refractivity contribution in [3.63, 3.8) is 0 Å². The van der Waals surface area contributed by atoms with E-state index in [0.717, 1.165) is 5.56 Å². The van der Waals surface area contributed by atoms with Crippen molar-refractivity contribution in [2.24, 2.45) is 5.10 Å². The highest BCUT2D eigenvalue weighted by molar-refractivity contribution is 9.10. The van der Waals surface area contributed by atoms with Gasteiger partial charge in [0, 0.05) is 11.4 Å². The zero-order valence-electron chi connectivity index (χ0n) is 23.6. The molecule has 0 aliphatic heterocycles. The predicted molar refractivity (Wildman–Crippen MR) is 167 cm³/mol. The number of carbonyl (C=O) groups excluding carboxylic acids is 3. The van der Waals surface area contributed by atoms with Gasteiger partial charge in [0.2, 0.25) is 0 Å². The van der Waals surface area contributed by atoms with Crippen LogP contribution < -0.4 is 25.0 Å². The average Bonchev–Trinajstić information content (AvgIpc) is 2.98. The lowest BCUT2D eigenvalue weighted by Crippen LogP contribution is -2.50. The largest absolute Gasteiger partial charge is 0.490 e. The summed E-state index contributed by atoms with van der Waals surface area (Å²) >= 11 is 15.5. The number of esters is 1. The topological polar surface area (TPSA) is 125 Å². The van der Waals surface area contributed by atoms with Gasteiger partial charge in [-0.2, -0.15) is 5.10 Å². The minimum atomic E-state index is -0.974. The van der Waals surface area contributed by atoms with Crippen LogP contribution in [0.1, 0.15) is 25.0 Å². The Labute approximate surface area is 267 Å². The van der Waals surface area contributed by atoms with Crippen LogP contribution in [0.2, 0.25) is 10.0 Å². The van der Waals surface area contributed by atoms with Crippen LogP contribution in [0.5, 0.6) is 17.2 Å². The highest BCUT2D eigenvalue weighted by Crippen LogP contribution is 2.36. The first-order valence-electron chi connectivity index (χ1n) is 13.1. The van der Waals surface area contributed by atoms with E-state index in [1.54, 1.807) is 38.1 Å². The molecule has 0 aliphatic rings. The highest BCUT2D eigenvalue weighted by atomic mass is 79.9. The van der Waals surface area contributed by atoms with Gasteiger partial charge in [-0.05, 0) is 71.2 Å². The Hall–Kier alpha value is -3.80. The molecule has 0 fully saturated rings. The summed E-state index contributed by atoms with van der Waals surface area (Å²) in [5.41, 5.74) is 3.87. The van der Waals surface area contributed by atoms with Crippen LogP contribution in [0.15, 0.2) is 70.2 Å². The van der Waals surface area contributed by atoms with E-state index in [-0.39, 0.29) is 23.8 Å². The Kier molecular flexibility index (Phi) is 13.1. The van der Waals surface area contributed by atoms with Gasteiger partial charge in [-0.1, -0.05) is 53.5 Å². The molecule has 0 saturated carbocycles. The Morgan fingerprint density at radius 1 is 1.00 bits per heavy atom. The molecule has 3 rings (SSSR count). The molecule has 10 nitrogen and oxygen atoms in total. The monoisotopic (exact) mass is 693 g/mol. The minimum Gasteiger partial charge on any atom is -0.490 e. The molecule has 2 atom stereocenters. The number of hydrogen-bond donors (Lipinski definition) is 2. The van der Waals surface area contributed by atoms with Crippen LogP contribution in [0.4, 0.5) is 0 Å². The fourth-order valence-corrected chi connectivity index (χ4v) is 4.69. The van der Waals surface area contributed by atoms with E-state index in [9.17, 15) is 14.4 Å². The predicted octanol–water partition coefficient (Wildman–Crippen LogP) is 5.35. The third-order valence-corrected chi connectivity index (χ3v) is 6.88. The van der Waals surface area contributed by atoms with Crippen LogP contribution in [0, 0.1) is 0 Å². The van der Waals surface area contributed by atoms with E-state index in [4.69, 9.17) is 37.4 Å². The van der Waals surface area contributed by atoms with Crippen molar-refractivity contribution in [1.82, 2.24) is 10.7 Å². The van der Waals surface area contributed by atoms with Gasteiger partial charge >= 0.3 is 5.97 Å². The van der Waals surface area contributed by atoms with E-state index in [2.05, 4.69) is 36.5 Å². The summed E-state index contributed by atoms with van der Waals surface area (Å²) in [7, 11) is 1.26. The van der Waals surface area contributed by atoms with E-state index in [0.29, 0.717) is 33.2 Å². The zero-order chi connectivity index (χ0) is 31.4. The summed E-state index contributed by atoms with van der Waals surface area (Å²) in [5.74, 6) is -0.671. The molecule has 0 radical (unpaired) electrons. The Balaban J connectivity index is 1.73. The van der Waals surface area contributed by atoms with Crippen LogP contribution in [-0.2, 0) is 25.5 Å². The third kappa shape index (κ3) is 10.5. The van der Waals surface area contributed by atoms with E-state index < -0.39 is 29.9 Å². The number of hydrogen-bond acceptors (Lipinski definition) is 8. The summed E-state index contributed by atoms with van der Waals surface area (Å²) in [6, 6.07) is 16.2. The molecule has 0 aromatic heterocycles. The minimum absolute atomic E-state index is 0.203. The molecular weight excluding hydrogens is 665 g/mol. The zero-order valence-corrected chi connectivity index (χ0v) is 26.7. The number of amides is 2. The normalized spacial score (nSPS) is 12.2. The Morgan fingerprint density at radius 2 is 1.74 bits per heavy atom. The molecule has 0 bridgehead atoms. The number of methoxy groups -OCH3 is 1. The maximum atomic E-state index is 13.2. The molecule has 0 unspecified atom stereocenters. The van der Waals surface area contributed by atoms with Crippen molar-refractivity contribution in [1.29, 1.82) is 0 Å². The van der Waals surface area contributed by atoms with Crippen molar-refractivity contribution < 1.29 is 33.3 Å². The molecule has 0 heterocycles. The molecular formula is C30H30BrCl2N3O7. The van der Waals surface area contributed by atoms with Crippen molar-refractivity contribution in [3.05, 3.63) is 86.3 Å². The number of nitrogens with zero attached hydrogens (tertiary/aromatic N) is 1. The first kappa shape index (κ1) is 33.7. The lowest BCUT2D eigenvalue weighted by Gasteiger charge is -2.21. The van der Waals surface area contributed by atoms with Gasteiger partial charge in [-0.15, -0.1) is 0 Å². The Morgan fingerprint density at radius 3 is 2.42 bits per heavy atom. The van der Waals surface area contributed by atoms with Gasteiger partial charge < -0.3 is 24.3 Å². The molecule has 13 heteroatoms. The lowest BCUT2D eigenvalue weighted by atomic mass is 10.1. The van der Waals surface area contributed by atoms with E-state index in [1.807, 2.05) is 30.3 Å². The second-order valence-corrected chi connectivity index (χ2v) is 10.6. The van der Waals surface area contributed by atoms with Crippen molar-refractivity contribution >= 4 is 63.1 Å². The molecule has 2 amide bonds. The van der Waals surface area contributed by atoms with Crippen LogP contribution in [-0.4, -0.2) is 56.5 Å². The smallest absolute Gasteiger partial charge is 0.343 e. The van der Waals surface area contributed by atoms with Gasteiger partial charge in [-0.25, -0.2) is 10.2 Å². The Bertz CT molecular complexity index is 1460. The van der Waals surface area contributed by atoms with E-state index >= 15 is 0 Å². The second-order valence-electron chi connectivity index (χ2n) is 8.95. The standard InChI is InChI=1S/C30H30BrCl2N3O7/c1-4-41-26-14-20(12-22(31)28(26)42-17-27(37)40-3)16-34-36-30(39)24(13-19-8-6-5-7-9-19)35-29(38)18(2)43-25-11-10-21(32)15-23(25)33/h5-12,14-16,18,24H,4,13,17H2,1-3H3,(H,35,38)(H,36,39)/b34-16-/t18-,24+/m1/s1. The number of benzene rings is 3. The first-order valence-corrected chi connectivity index (χ1v) is 14.6. The molecule has 0 saturated heterocycles. The van der Waals surface area contributed by atoms with Gasteiger partial charge in [0.25, 0.3) is 11.8 Å². The van der Waals surface area contributed by atoms with Crippen LogP contribution in [0.3, 0.4) is 0 Å². The maximum Gasteiger partial charge on any atom is 0.343 e. The first-order chi connectivity index (χ1) is 20.6. The molecule has 3 aromatic carbocycles. The quantitative estimate of drug-likeness (QED) is 0.132. The summed E-state index contributed by atoms with van der Waals surface area (Å²) in [6.07, 6.45) is 0.641. The van der Waals surface area contributed by atoms with Crippen molar-refractivity contribution in [2.75, 3.05) is 20.3 Å². The summed E-state index contributed by atoms with van der Waals surface area (Å²) in [6.45, 7) is 3.38. The average molecular weight is 695 g/mol. The van der Waals surface area contributed by atoms with Crippen LogP contribution in [0.25, 0.3) is 0 Å². The number of carbonyl (C=O) groups is 3. The SMILES string of the molecule is CCOc1cc(/C=N\NC(=O)[C@H](Cc2ccccc2)NC(=O)[C@@H](C)Oc2ccc(Cl)cc2Cl)cc(Br)c1OCC(=O)OC. The highest BCUT2D eigenvalue weighted by Gasteiger charge is 2.25. The lowest BCUT2D eigenvalue weighted by molar-refractivity contribution is -0.143. The van der Waals surface area contributed by atoms with Gasteiger partial charge in [0.05, 0.1) is 29.4 Å². The molecule has 43 heavy (non-hydrogen) atoms. The number of halogens is 3. The number of ether oxygens (including phenoxy) is 4. The van der Waals surface area contributed by atoms with Gasteiger partial charge in [-0.3, -0.25) is 9.59 Å². The van der Waals surface area contributed by atoms with Crippen molar-refractivity contribution in [3.8, 4) is 17.2 Å². The summed E-state index contributed by atoms with van der Waals surface area (Å²) in [4.78, 5) is 37.7. The maximum absolute atomic E-state index is 13.2. The summed E-state index contributed by atoms with van der Waals surface area (Å²) in [5, 5.41) is 7.49. The molecule has 0 spiro atoms. The molecule has 0 aliphatic carbocycles. The fraction of sp³-hybridized carbons (Fsp3) is 0.267. The number of hydrazone groups is 1. The number of nitrogens with one attached hydrogen (secondary N) is 2. The van der Waals surface area contributed by atoms with E-state index in [1.165, 1.54) is 19.4 Å². The van der Waals surface area contributed by atoms with Crippen LogP contribution >= 0.6 is 39.1 Å².